The number of esters is 1. The van der Waals surface area contributed by atoms with Gasteiger partial charge in [0.1, 0.15) is 5.02 Å². The number of hydrogen-bond acceptors (Lipinski definition) is 9. The number of methoxy groups -OCH3 is 1. The summed E-state index contributed by atoms with van der Waals surface area (Å²) in [5, 5.41) is 5.98. The van der Waals surface area contributed by atoms with E-state index in [2.05, 4.69) is 20.6 Å². The second-order valence-corrected chi connectivity index (χ2v) is 10.4. The zero-order valence-corrected chi connectivity index (χ0v) is 19.2. The highest BCUT2D eigenvalue weighted by atomic mass is 35.5. The molecule has 168 valence electrons. The molecule has 0 amide bonds. The molecule has 9 nitrogen and oxygen atoms in total. The molecule has 11 heteroatoms. The summed E-state index contributed by atoms with van der Waals surface area (Å²) >= 11 is 6.26. The van der Waals surface area contributed by atoms with Crippen LogP contribution in [-0.2, 0) is 19.4 Å². The summed E-state index contributed by atoms with van der Waals surface area (Å²) in [6, 6.07) is 6.70. The Morgan fingerprint density at radius 3 is 2.81 bits per heavy atom. The van der Waals surface area contributed by atoms with E-state index in [-0.39, 0.29) is 28.5 Å². The monoisotopic (exact) mass is 467 g/mol. The minimum atomic E-state index is -3.50. The van der Waals surface area contributed by atoms with Crippen molar-refractivity contribution >= 4 is 44.9 Å². The van der Waals surface area contributed by atoms with Crippen molar-refractivity contribution in [2.24, 2.45) is 0 Å². The quantitative estimate of drug-likeness (QED) is 0.565. The first-order chi connectivity index (χ1) is 14.7. The third kappa shape index (κ3) is 5.63. The fraction of sp³-hybridized carbons (Fsp3) is 0.450. The summed E-state index contributed by atoms with van der Waals surface area (Å²) in [6.07, 6.45) is 2.28. The van der Waals surface area contributed by atoms with E-state index in [1.807, 2.05) is 4.90 Å². The van der Waals surface area contributed by atoms with Crippen molar-refractivity contribution in [3.8, 4) is 0 Å². The summed E-state index contributed by atoms with van der Waals surface area (Å²) < 4.78 is 30.1. The fourth-order valence-corrected chi connectivity index (χ4v) is 4.59. The molecule has 3 rings (SSSR count). The summed E-state index contributed by atoms with van der Waals surface area (Å²) in [6.45, 7) is 4.92. The molecule has 0 bridgehead atoms. The SMILES string of the molecule is COC(=O)CN1CCC(Nc2ncc(Cl)c(Nc3ccccc3S(=O)(=O)C(C)C)n2)C1. The van der Waals surface area contributed by atoms with Crippen LogP contribution in [0.25, 0.3) is 0 Å². The third-order valence-electron chi connectivity index (χ3n) is 5.00. The maximum Gasteiger partial charge on any atom is 0.319 e. The molecule has 2 aromatic rings. The molecule has 1 saturated heterocycles. The lowest BCUT2D eigenvalue weighted by Gasteiger charge is -2.17. The van der Waals surface area contributed by atoms with Gasteiger partial charge < -0.3 is 15.4 Å². The van der Waals surface area contributed by atoms with Crippen molar-refractivity contribution in [2.75, 3.05) is 37.4 Å². The maximum absolute atomic E-state index is 12.7. The number of carbonyl (C=O) groups is 1. The van der Waals surface area contributed by atoms with Crippen molar-refractivity contribution in [1.29, 1.82) is 0 Å². The van der Waals surface area contributed by atoms with Gasteiger partial charge in [-0.2, -0.15) is 4.98 Å². The first kappa shape index (κ1) is 23.2. The second kappa shape index (κ2) is 9.80. The van der Waals surface area contributed by atoms with E-state index in [9.17, 15) is 13.2 Å². The van der Waals surface area contributed by atoms with Crippen molar-refractivity contribution in [1.82, 2.24) is 14.9 Å². The number of benzene rings is 1. The Balaban J connectivity index is 1.76. The molecule has 0 aliphatic carbocycles. The van der Waals surface area contributed by atoms with E-state index in [0.717, 1.165) is 13.0 Å². The topological polar surface area (TPSA) is 114 Å². The van der Waals surface area contributed by atoms with Crippen LogP contribution in [0.5, 0.6) is 0 Å². The van der Waals surface area contributed by atoms with Crippen LogP contribution < -0.4 is 10.6 Å². The lowest BCUT2D eigenvalue weighted by molar-refractivity contribution is -0.141. The number of halogens is 1. The molecule has 0 spiro atoms. The van der Waals surface area contributed by atoms with Crippen molar-refractivity contribution in [3.63, 3.8) is 0 Å². The number of nitrogens with one attached hydrogen (secondary N) is 2. The number of nitrogens with zero attached hydrogens (tertiary/aromatic N) is 3. The van der Waals surface area contributed by atoms with Crippen LogP contribution in [0.3, 0.4) is 0 Å². The molecule has 1 aliphatic heterocycles. The van der Waals surface area contributed by atoms with Crippen molar-refractivity contribution in [2.45, 2.75) is 36.5 Å². The van der Waals surface area contributed by atoms with Crippen LogP contribution in [0, 0.1) is 0 Å². The predicted molar refractivity (Wildman–Crippen MR) is 120 cm³/mol. The molecule has 1 aliphatic rings. The summed E-state index contributed by atoms with van der Waals surface area (Å²) in [7, 11) is -2.13. The Hall–Kier alpha value is -2.43. The molecular formula is C20H26ClN5O4S. The lowest BCUT2D eigenvalue weighted by atomic mass is 10.3. The summed E-state index contributed by atoms with van der Waals surface area (Å²) in [4.78, 5) is 22.3. The molecule has 1 atom stereocenters. The Kier molecular flexibility index (Phi) is 7.34. The molecule has 2 N–H and O–H groups in total. The first-order valence-electron chi connectivity index (χ1n) is 9.89. The molecule has 1 aromatic heterocycles. The molecule has 2 heterocycles. The molecule has 1 unspecified atom stereocenters. The number of sulfone groups is 1. The number of rotatable bonds is 8. The zero-order chi connectivity index (χ0) is 22.6. The average Bonchev–Trinajstić information content (AvgIpc) is 3.17. The standard InChI is InChI=1S/C20H26ClN5O4S/c1-13(2)31(28,29)17-7-5-4-6-16(17)24-19-15(21)10-22-20(25-19)23-14-8-9-26(11-14)12-18(27)30-3/h4-7,10,13-14H,8-9,11-12H2,1-3H3,(H2,22,23,24,25). The minimum Gasteiger partial charge on any atom is -0.468 e. The van der Waals surface area contributed by atoms with E-state index in [4.69, 9.17) is 16.3 Å². The number of hydrogen-bond donors (Lipinski definition) is 2. The number of carbonyl (C=O) groups excluding carboxylic acids is 1. The largest absolute Gasteiger partial charge is 0.468 e. The fourth-order valence-electron chi connectivity index (χ4n) is 3.25. The van der Waals surface area contributed by atoms with E-state index in [1.54, 1.807) is 38.1 Å². The Labute approximate surface area is 187 Å². The van der Waals surface area contributed by atoms with Gasteiger partial charge in [-0.25, -0.2) is 13.4 Å². The van der Waals surface area contributed by atoms with Gasteiger partial charge in [-0.15, -0.1) is 0 Å². The molecule has 0 saturated carbocycles. The van der Waals surface area contributed by atoms with Gasteiger partial charge in [-0.1, -0.05) is 23.7 Å². The van der Waals surface area contributed by atoms with Crippen LogP contribution in [0.1, 0.15) is 20.3 Å². The maximum atomic E-state index is 12.7. The van der Waals surface area contributed by atoms with Gasteiger partial charge in [0.05, 0.1) is 35.7 Å². The van der Waals surface area contributed by atoms with Crippen LogP contribution in [0.2, 0.25) is 5.02 Å². The number of ether oxygens (including phenoxy) is 1. The number of likely N-dealkylation sites (tertiary alicyclic amines) is 1. The molecule has 31 heavy (non-hydrogen) atoms. The van der Waals surface area contributed by atoms with Crippen LogP contribution in [-0.4, -0.2) is 67.3 Å². The Morgan fingerprint density at radius 1 is 1.35 bits per heavy atom. The highest BCUT2D eigenvalue weighted by molar-refractivity contribution is 7.92. The summed E-state index contributed by atoms with van der Waals surface area (Å²) in [5.41, 5.74) is 0.396. The van der Waals surface area contributed by atoms with Gasteiger partial charge in [-0.3, -0.25) is 9.69 Å². The Bertz CT molecular complexity index is 1050. The number of anilines is 3. The van der Waals surface area contributed by atoms with Gasteiger partial charge in [0, 0.05) is 19.1 Å². The van der Waals surface area contributed by atoms with Gasteiger partial charge in [0.15, 0.2) is 15.7 Å². The highest BCUT2D eigenvalue weighted by Crippen LogP contribution is 2.30. The normalized spacial score (nSPS) is 17.0. The molecule has 0 radical (unpaired) electrons. The van der Waals surface area contributed by atoms with E-state index >= 15 is 0 Å². The van der Waals surface area contributed by atoms with Crippen LogP contribution >= 0.6 is 11.6 Å². The molecular weight excluding hydrogens is 442 g/mol. The van der Waals surface area contributed by atoms with Crippen LogP contribution in [0.4, 0.5) is 17.5 Å². The Morgan fingerprint density at radius 2 is 2.10 bits per heavy atom. The van der Waals surface area contributed by atoms with Gasteiger partial charge in [0.25, 0.3) is 0 Å². The van der Waals surface area contributed by atoms with E-state index in [0.29, 0.717) is 24.0 Å². The van der Waals surface area contributed by atoms with Crippen LogP contribution in [0.15, 0.2) is 35.4 Å². The first-order valence-corrected chi connectivity index (χ1v) is 11.8. The number of para-hydroxylation sites is 1. The van der Waals surface area contributed by atoms with Crippen molar-refractivity contribution in [3.05, 3.63) is 35.5 Å². The number of aromatic nitrogens is 2. The van der Waals surface area contributed by atoms with E-state index in [1.165, 1.54) is 13.3 Å². The zero-order valence-electron chi connectivity index (χ0n) is 17.6. The average molecular weight is 468 g/mol. The lowest BCUT2D eigenvalue weighted by Crippen LogP contribution is -2.31. The third-order valence-corrected chi connectivity index (χ3v) is 7.48. The highest BCUT2D eigenvalue weighted by Gasteiger charge is 2.26. The van der Waals surface area contributed by atoms with Crippen molar-refractivity contribution < 1.29 is 17.9 Å². The van der Waals surface area contributed by atoms with E-state index < -0.39 is 15.1 Å². The molecule has 1 aromatic carbocycles. The summed E-state index contributed by atoms with van der Waals surface area (Å²) in [5.74, 6) is 0.390. The van der Waals surface area contributed by atoms with Gasteiger partial charge in [0.2, 0.25) is 5.95 Å². The van der Waals surface area contributed by atoms with Gasteiger partial charge in [-0.05, 0) is 32.4 Å². The second-order valence-electron chi connectivity index (χ2n) is 7.55. The minimum absolute atomic E-state index is 0.0623. The smallest absolute Gasteiger partial charge is 0.319 e. The predicted octanol–water partition coefficient (Wildman–Crippen LogP) is 2.71. The molecule has 1 fully saturated rings. The van der Waals surface area contributed by atoms with Gasteiger partial charge >= 0.3 is 5.97 Å².